The molecule has 0 saturated heterocycles. The topological polar surface area (TPSA) is 24.9 Å². The standard InChI is InChI=1S/C11H10ClF3N2/c1-3-4-7(2)16-10-6-8(11(13,14)15)5-9(12)17-10/h1,5-7H,4H2,2H3,(H,16,17). The van der Waals surface area contributed by atoms with Gasteiger partial charge in [-0.1, -0.05) is 11.6 Å². The number of anilines is 1. The van der Waals surface area contributed by atoms with Crippen LogP contribution in [0.4, 0.5) is 19.0 Å². The summed E-state index contributed by atoms with van der Waals surface area (Å²) in [6.45, 7) is 1.75. The van der Waals surface area contributed by atoms with Crippen molar-refractivity contribution in [3.8, 4) is 12.3 Å². The Morgan fingerprint density at radius 3 is 2.71 bits per heavy atom. The summed E-state index contributed by atoms with van der Waals surface area (Å²) in [6, 6.07) is 1.50. The number of aromatic nitrogens is 1. The van der Waals surface area contributed by atoms with Crippen LogP contribution in [0.2, 0.25) is 5.15 Å². The van der Waals surface area contributed by atoms with Gasteiger partial charge in [-0.25, -0.2) is 4.98 Å². The van der Waals surface area contributed by atoms with Crippen LogP contribution in [0, 0.1) is 12.3 Å². The number of nitrogens with zero attached hydrogens (tertiary/aromatic N) is 1. The molecule has 1 unspecified atom stereocenters. The van der Waals surface area contributed by atoms with Gasteiger partial charge in [0.05, 0.1) is 5.56 Å². The fraction of sp³-hybridized carbons (Fsp3) is 0.364. The van der Waals surface area contributed by atoms with Crippen LogP contribution in [-0.2, 0) is 6.18 Å². The van der Waals surface area contributed by atoms with Gasteiger partial charge in [0.2, 0.25) is 0 Å². The normalized spacial score (nSPS) is 12.9. The van der Waals surface area contributed by atoms with E-state index in [4.69, 9.17) is 18.0 Å². The van der Waals surface area contributed by atoms with E-state index in [1.165, 1.54) is 0 Å². The highest BCUT2D eigenvalue weighted by atomic mass is 35.5. The van der Waals surface area contributed by atoms with E-state index in [-0.39, 0.29) is 17.0 Å². The Labute approximate surface area is 102 Å². The molecule has 0 fully saturated rings. The van der Waals surface area contributed by atoms with Crippen molar-refractivity contribution in [1.82, 2.24) is 4.98 Å². The second-order valence-corrected chi connectivity index (χ2v) is 3.90. The first-order chi connectivity index (χ1) is 7.82. The molecule has 0 saturated carbocycles. The first-order valence-electron chi connectivity index (χ1n) is 4.77. The van der Waals surface area contributed by atoms with Crippen LogP contribution >= 0.6 is 11.6 Å². The number of hydrogen-bond acceptors (Lipinski definition) is 2. The lowest BCUT2D eigenvalue weighted by molar-refractivity contribution is -0.137. The Hall–Kier alpha value is -1.41. The van der Waals surface area contributed by atoms with Crippen LogP contribution < -0.4 is 5.32 Å². The monoisotopic (exact) mass is 262 g/mol. The minimum atomic E-state index is -4.45. The van der Waals surface area contributed by atoms with Gasteiger partial charge in [0.1, 0.15) is 11.0 Å². The lowest BCUT2D eigenvalue weighted by atomic mass is 10.2. The van der Waals surface area contributed by atoms with E-state index in [1.807, 2.05) is 0 Å². The molecule has 0 aliphatic rings. The van der Waals surface area contributed by atoms with Gasteiger partial charge in [-0.15, -0.1) is 12.3 Å². The Morgan fingerprint density at radius 1 is 1.53 bits per heavy atom. The predicted octanol–water partition coefficient (Wildman–Crippen LogP) is 3.58. The summed E-state index contributed by atoms with van der Waals surface area (Å²) < 4.78 is 37.5. The molecule has 1 N–H and O–H groups in total. The fourth-order valence-electron chi connectivity index (χ4n) is 1.21. The van der Waals surface area contributed by atoms with E-state index in [0.717, 1.165) is 12.1 Å². The van der Waals surface area contributed by atoms with E-state index < -0.39 is 11.7 Å². The van der Waals surface area contributed by atoms with Gasteiger partial charge in [0.15, 0.2) is 0 Å². The van der Waals surface area contributed by atoms with Crippen LogP contribution in [0.3, 0.4) is 0 Å². The summed E-state index contributed by atoms with van der Waals surface area (Å²) >= 11 is 5.53. The summed E-state index contributed by atoms with van der Waals surface area (Å²) in [5, 5.41) is 2.55. The molecule has 0 aliphatic heterocycles. The summed E-state index contributed by atoms with van der Waals surface area (Å²) in [4.78, 5) is 3.76. The number of alkyl halides is 3. The van der Waals surface area contributed by atoms with Gasteiger partial charge in [0, 0.05) is 12.5 Å². The molecule has 0 radical (unpaired) electrons. The van der Waals surface area contributed by atoms with Gasteiger partial charge < -0.3 is 5.32 Å². The van der Waals surface area contributed by atoms with Crippen molar-refractivity contribution in [2.45, 2.75) is 25.6 Å². The highest BCUT2D eigenvalue weighted by Crippen LogP contribution is 2.32. The summed E-state index contributed by atoms with van der Waals surface area (Å²) in [6.07, 6.45) is 1.03. The third kappa shape index (κ3) is 4.16. The van der Waals surface area contributed by atoms with E-state index in [2.05, 4.69) is 16.2 Å². The number of terminal acetylenes is 1. The minimum Gasteiger partial charge on any atom is -0.367 e. The van der Waals surface area contributed by atoms with Gasteiger partial charge in [-0.05, 0) is 19.1 Å². The van der Waals surface area contributed by atoms with Crippen molar-refractivity contribution in [1.29, 1.82) is 0 Å². The minimum absolute atomic E-state index is 0.0626. The van der Waals surface area contributed by atoms with Crippen LogP contribution in [0.15, 0.2) is 12.1 Å². The SMILES string of the molecule is C#CCC(C)Nc1cc(C(F)(F)F)cc(Cl)n1. The molecule has 1 heterocycles. The molecule has 0 amide bonds. The number of rotatable bonds is 3. The van der Waals surface area contributed by atoms with E-state index in [1.54, 1.807) is 6.92 Å². The van der Waals surface area contributed by atoms with Crippen molar-refractivity contribution >= 4 is 17.4 Å². The van der Waals surface area contributed by atoms with Crippen LogP contribution in [-0.4, -0.2) is 11.0 Å². The number of pyridine rings is 1. The van der Waals surface area contributed by atoms with Gasteiger partial charge in [-0.2, -0.15) is 13.2 Å². The van der Waals surface area contributed by atoms with Crippen LogP contribution in [0.25, 0.3) is 0 Å². The van der Waals surface area contributed by atoms with Crippen molar-refractivity contribution in [2.75, 3.05) is 5.32 Å². The summed E-state index contributed by atoms with van der Waals surface area (Å²) in [5.74, 6) is 2.46. The largest absolute Gasteiger partial charge is 0.416 e. The zero-order chi connectivity index (χ0) is 13.1. The molecule has 0 aliphatic carbocycles. The Morgan fingerprint density at radius 2 is 2.18 bits per heavy atom. The molecule has 1 atom stereocenters. The third-order valence-corrected chi connectivity index (χ3v) is 2.13. The number of nitrogens with one attached hydrogen (secondary N) is 1. The second-order valence-electron chi connectivity index (χ2n) is 3.52. The third-order valence-electron chi connectivity index (χ3n) is 1.94. The Kier molecular flexibility index (Phi) is 4.24. The first kappa shape index (κ1) is 13.7. The molecule has 17 heavy (non-hydrogen) atoms. The number of halogens is 4. The molecule has 0 bridgehead atoms. The van der Waals surface area contributed by atoms with Gasteiger partial charge >= 0.3 is 6.18 Å². The molecule has 0 aromatic carbocycles. The van der Waals surface area contributed by atoms with Crippen molar-refractivity contribution in [2.24, 2.45) is 0 Å². The summed E-state index contributed by atoms with van der Waals surface area (Å²) in [5.41, 5.74) is -0.840. The molecule has 1 aromatic heterocycles. The maximum Gasteiger partial charge on any atom is 0.416 e. The van der Waals surface area contributed by atoms with Gasteiger partial charge in [0.25, 0.3) is 0 Å². The second kappa shape index (κ2) is 5.28. The molecular weight excluding hydrogens is 253 g/mol. The van der Waals surface area contributed by atoms with Crippen molar-refractivity contribution in [3.63, 3.8) is 0 Å². The fourth-order valence-corrected chi connectivity index (χ4v) is 1.42. The van der Waals surface area contributed by atoms with Crippen molar-refractivity contribution < 1.29 is 13.2 Å². The molecular formula is C11H10ClF3N2. The average molecular weight is 263 g/mol. The molecule has 0 spiro atoms. The lowest BCUT2D eigenvalue weighted by Gasteiger charge is -2.14. The molecule has 1 aromatic rings. The highest BCUT2D eigenvalue weighted by molar-refractivity contribution is 6.29. The van der Waals surface area contributed by atoms with E-state index in [0.29, 0.717) is 6.42 Å². The molecule has 92 valence electrons. The van der Waals surface area contributed by atoms with Gasteiger partial charge in [-0.3, -0.25) is 0 Å². The molecule has 2 nitrogen and oxygen atoms in total. The molecule has 6 heteroatoms. The van der Waals surface area contributed by atoms with Crippen molar-refractivity contribution in [3.05, 3.63) is 22.8 Å². The highest BCUT2D eigenvalue weighted by Gasteiger charge is 2.31. The lowest BCUT2D eigenvalue weighted by Crippen LogP contribution is -2.16. The van der Waals surface area contributed by atoms with E-state index >= 15 is 0 Å². The Bertz CT molecular complexity index is 437. The summed E-state index contributed by atoms with van der Waals surface area (Å²) in [7, 11) is 0. The zero-order valence-electron chi connectivity index (χ0n) is 8.98. The quantitative estimate of drug-likeness (QED) is 0.665. The van der Waals surface area contributed by atoms with Crippen LogP contribution in [0.1, 0.15) is 18.9 Å². The Balaban J connectivity index is 2.95. The number of hydrogen-bond donors (Lipinski definition) is 1. The average Bonchev–Trinajstić information content (AvgIpc) is 2.15. The smallest absolute Gasteiger partial charge is 0.367 e. The van der Waals surface area contributed by atoms with Crippen LogP contribution in [0.5, 0.6) is 0 Å². The maximum atomic E-state index is 12.5. The van der Waals surface area contributed by atoms with E-state index in [9.17, 15) is 13.2 Å². The first-order valence-corrected chi connectivity index (χ1v) is 5.15. The predicted molar refractivity (Wildman–Crippen MR) is 60.8 cm³/mol. The zero-order valence-corrected chi connectivity index (χ0v) is 9.73. The molecule has 1 rings (SSSR count). The maximum absolute atomic E-state index is 12.5.